The first kappa shape index (κ1) is 19.9. The lowest BCUT2D eigenvalue weighted by atomic mass is 10.2. The molecule has 0 radical (unpaired) electrons. The number of nitrogens with one attached hydrogen (secondary N) is 1. The van der Waals surface area contributed by atoms with Gasteiger partial charge < -0.3 is 18.9 Å². The van der Waals surface area contributed by atoms with Crippen molar-refractivity contribution in [3.63, 3.8) is 0 Å². The van der Waals surface area contributed by atoms with Crippen molar-refractivity contribution in [3.05, 3.63) is 41.5 Å². The molecule has 0 saturated carbocycles. The number of hydrogen-bond acceptors (Lipinski definition) is 6. The Labute approximate surface area is 153 Å². The van der Waals surface area contributed by atoms with Crippen LogP contribution in [-0.2, 0) is 16.6 Å². The molecule has 7 nitrogen and oxygen atoms in total. The van der Waals surface area contributed by atoms with Crippen molar-refractivity contribution >= 4 is 10.0 Å². The third-order valence-corrected chi connectivity index (χ3v) is 5.42. The molecular formula is C18H23NO6S. The third-order valence-electron chi connectivity index (χ3n) is 3.86. The van der Waals surface area contributed by atoms with E-state index in [1.54, 1.807) is 31.2 Å². The summed E-state index contributed by atoms with van der Waals surface area (Å²) in [6.45, 7) is 1.79. The summed E-state index contributed by atoms with van der Waals surface area (Å²) < 4.78 is 48.8. The lowest BCUT2D eigenvalue weighted by molar-refractivity contribution is 0.323. The van der Waals surface area contributed by atoms with Crippen molar-refractivity contribution in [1.82, 2.24) is 4.72 Å². The van der Waals surface area contributed by atoms with Crippen LogP contribution in [-0.4, -0.2) is 36.9 Å². The monoisotopic (exact) mass is 381 g/mol. The fourth-order valence-electron chi connectivity index (χ4n) is 2.54. The van der Waals surface area contributed by atoms with Crippen LogP contribution in [0.2, 0.25) is 0 Å². The lowest BCUT2D eigenvalue weighted by Gasteiger charge is -2.15. The summed E-state index contributed by atoms with van der Waals surface area (Å²) in [7, 11) is 2.37. The summed E-state index contributed by atoms with van der Waals surface area (Å²) in [6.07, 6.45) is 0. The third kappa shape index (κ3) is 4.20. The van der Waals surface area contributed by atoms with Gasteiger partial charge in [0.25, 0.3) is 0 Å². The second kappa shape index (κ2) is 8.29. The molecule has 2 rings (SSSR count). The fraction of sp³-hybridized carbons (Fsp3) is 0.333. The molecule has 1 N–H and O–H groups in total. The molecule has 0 fully saturated rings. The molecule has 0 amide bonds. The predicted molar refractivity (Wildman–Crippen MR) is 97.9 cm³/mol. The van der Waals surface area contributed by atoms with Crippen molar-refractivity contribution in [3.8, 4) is 23.0 Å². The summed E-state index contributed by atoms with van der Waals surface area (Å²) in [5.41, 5.74) is 1.27. The molecule has 0 aliphatic rings. The van der Waals surface area contributed by atoms with Gasteiger partial charge in [0.15, 0.2) is 11.5 Å². The van der Waals surface area contributed by atoms with Gasteiger partial charge in [-0.25, -0.2) is 13.1 Å². The maximum Gasteiger partial charge on any atom is 0.241 e. The summed E-state index contributed by atoms with van der Waals surface area (Å²) >= 11 is 0. The quantitative estimate of drug-likeness (QED) is 0.757. The van der Waals surface area contributed by atoms with Crippen molar-refractivity contribution in [2.75, 3.05) is 28.4 Å². The maximum absolute atomic E-state index is 12.6. The standard InChI is InChI=1S/C18H23NO6S/c1-12-8-14(22-2)6-7-17(12)26(20,21)19-11-13-9-15(23-3)18(25-5)16(10-13)24-4/h6-10,19H,11H2,1-5H3. The van der Waals surface area contributed by atoms with E-state index in [1.807, 2.05) is 0 Å². The minimum absolute atomic E-state index is 0.0739. The molecule has 0 aromatic heterocycles. The zero-order chi connectivity index (χ0) is 19.3. The second-order valence-corrected chi connectivity index (χ2v) is 7.22. The Morgan fingerprint density at radius 2 is 1.50 bits per heavy atom. The van der Waals surface area contributed by atoms with Gasteiger partial charge >= 0.3 is 0 Å². The van der Waals surface area contributed by atoms with Gasteiger partial charge in [-0.2, -0.15) is 0 Å². The number of benzene rings is 2. The molecular weight excluding hydrogens is 358 g/mol. The van der Waals surface area contributed by atoms with Crippen LogP contribution in [0.4, 0.5) is 0 Å². The normalized spacial score (nSPS) is 11.1. The van der Waals surface area contributed by atoms with Crippen LogP contribution in [0.25, 0.3) is 0 Å². The Morgan fingerprint density at radius 1 is 0.885 bits per heavy atom. The average molecular weight is 381 g/mol. The van der Waals surface area contributed by atoms with Gasteiger partial charge in [-0.15, -0.1) is 0 Å². The van der Waals surface area contributed by atoms with E-state index in [-0.39, 0.29) is 11.4 Å². The molecule has 0 atom stereocenters. The minimum atomic E-state index is -3.69. The van der Waals surface area contributed by atoms with Gasteiger partial charge in [0, 0.05) is 6.54 Å². The van der Waals surface area contributed by atoms with Crippen LogP contribution in [0.3, 0.4) is 0 Å². The van der Waals surface area contributed by atoms with Gasteiger partial charge in [0.2, 0.25) is 15.8 Å². The average Bonchev–Trinajstić information content (AvgIpc) is 2.64. The molecule has 0 heterocycles. The van der Waals surface area contributed by atoms with Gasteiger partial charge in [-0.3, -0.25) is 0 Å². The van der Waals surface area contributed by atoms with E-state index in [0.29, 0.717) is 34.1 Å². The van der Waals surface area contributed by atoms with E-state index in [1.165, 1.54) is 34.5 Å². The zero-order valence-electron chi connectivity index (χ0n) is 15.5. The smallest absolute Gasteiger partial charge is 0.241 e. The van der Waals surface area contributed by atoms with E-state index in [4.69, 9.17) is 18.9 Å². The molecule has 0 bridgehead atoms. The summed E-state index contributed by atoms with van der Waals surface area (Å²) in [5, 5.41) is 0. The van der Waals surface area contributed by atoms with Crippen molar-refractivity contribution < 1.29 is 27.4 Å². The van der Waals surface area contributed by atoms with E-state index < -0.39 is 10.0 Å². The van der Waals surface area contributed by atoms with E-state index in [2.05, 4.69) is 4.72 Å². The van der Waals surface area contributed by atoms with Gasteiger partial charge in [-0.1, -0.05) is 0 Å². The van der Waals surface area contributed by atoms with E-state index >= 15 is 0 Å². The van der Waals surface area contributed by atoms with Crippen LogP contribution >= 0.6 is 0 Å². The highest BCUT2D eigenvalue weighted by molar-refractivity contribution is 7.89. The van der Waals surface area contributed by atoms with Gasteiger partial charge in [0.05, 0.1) is 33.3 Å². The van der Waals surface area contributed by atoms with Crippen molar-refractivity contribution in [2.45, 2.75) is 18.4 Å². The Bertz CT molecular complexity index is 854. The number of rotatable bonds is 8. The van der Waals surface area contributed by atoms with Crippen LogP contribution in [0.15, 0.2) is 35.2 Å². The van der Waals surface area contributed by atoms with E-state index in [0.717, 1.165) is 0 Å². The first-order chi connectivity index (χ1) is 12.4. The number of hydrogen-bond donors (Lipinski definition) is 1. The SMILES string of the molecule is COc1ccc(S(=O)(=O)NCc2cc(OC)c(OC)c(OC)c2)c(C)c1. The van der Waals surface area contributed by atoms with Crippen LogP contribution in [0.5, 0.6) is 23.0 Å². The fourth-order valence-corrected chi connectivity index (χ4v) is 3.79. The first-order valence-corrected chi connectivity index (χ1v) is 9.27. The summed E-state index contributed by atoms with van der Waals surface area (Å²) in [6, 6.07) is 8.20. The van der Waals surface area contributed by atoms with Crippen molar-refractivity contribution in [2.24, 2.45) is 0 Å². The van der Waals surface area contributed by atoms with Crippen LogP contribution < -0.4 is 23.7 Å². The molecule has 26 heavy (non-hydrogen) atoms. The largest absolute Gasteiger partial charge is 0.497 e. The molecule has 0 aliphatic carbocycles. The second-order valence-electron chi connectivity index (χ2n) is 5.49. The summed E-state index contributed by atoms with van der Waals surface area (Å²) in [4.78, 5) is 0.200. The van der Waals surface area contributed by atoms with Gasteiger partial charge in [0.1, 0.15) is 5.75 Å². The number of methoxy groups -OCH3 is 4. The highest BCUT2D eigenvalue weighted by Gasteiger charge is 2.19. The van der Waals surface area contributed by atoms with E-state index in [9.17, 15) is 8.42 Å². The lowest BCUT2D eigenvalue weighted by Crippen LogP contribution is -2.24. The molecule has 0 aliphatic heterocycles. The van der Waals surface area contributed by atoms with Gasteiger partial charge in [-0.05, 0) is 48.4 Å². The highest BCUT2D eigenvalue weighted by Crippen LogP contribution is 2.38. The number of aryl methyl sites for hydroxylation is 1. The Morgan fingerprint density at radius 3 is 1.96 bits per heavy atom. The summed E-state index contributed by atoms with van der Waals surface area (Å²) in [5.74, 6) is 1.97. The molecule has 2 aromatic rings. The molecule has 0 unspecified atom stereocenters. The van der Waals surface area contributed by atoms with Crippen LogP contribution in [0, 0.1) is 6.92 Å². The highest BCUT2D eigenvalue weighted by atomic mass is 32.2. The Kier molecular flexibility index (Phi) is 6.33. The number of ether oxygens (including phenoxy) is 4. The first-order valence-electron chi connectivity index (χ1n) is 7.79. The number of sulfonamides is 1. The predicted octanol–water partition coefficient (Wildman–Crippen LogP) is 2.51. The van der Waals surface area contributed by atoms with Crippen LogP contribution in [0.1, 0.15) is 11.1 Å². The maximum atomic E-state index is 12.6. The molecule has 142 valence electrons. The molecule has 2 aromatic carbocycles. The Hall–Kier alpha value is -2.45. The molecule has 0 spiro atoms. The zero-order valence-corrected chi connectivity index (χ0v) is 16.3. The van der Waals surface area contributed by atoms with Crippen molar-refractivity contribution in [1.29, 1.82) is 0 Å². The minimum Gasteiger partial charge on any atom is -0.497 e. The topological polar surface area (TPSA) is 83.1 Å². The molecule has 8 heteroatoms. The molecule has 0 saturated heterocycles. The Balaban J connectivity index is 2.27.